The summed E-state index contributed by atoms with van der Waals surface area (Å²) >= 11 is 0. The second kappa shape index (κ2) is 6.29. The molecule has 0 saturated carbocycles. The van der Waals surface area contributed by atoms with Crippen LogP contribution in [0.1, 0.15) is 5.76 Å². The Morgan fingerprint density at radius 3 is 2.82 bits per heavy atom. The highest BCUT2D eigenvalue weighted by Gasteiger charge is 2.42. The molecule has 2 saturated heterocycles. The monoisotopic (exact) mass is 329 g/mol. The second-order valence-corrected chi connectivity index (χ2v) is 8.23. The van der Waals surface area contributed by atoms with Crippen LogP contribution >= 0.6 is 0 Å². The van der Waals surface area contributed by atoms with Gasteiger partial charge in [0.2, 0.25) is 0 Å². The van der Waals surface area contributed by atoms with E-state index in [2.05, 4.69) is 4.90 Å². The van der Waals surface area contributed by atoms with Gasteiger partial charge in [0.15, 0.2) is 0 Å². The number of ether oxygens (including phenoxy) is 1. The smallest absolute Gasteiger partial charge is 0.281 e. The van der Waals surface area contributed by atoms with E-state index < -0.39 is 10.2 Å². The molecule has 3 heterocycles. The number of fused-ring (bicyclic) bond motifs is 1. The molecule has 2 aliphatic rings. The predicted molar refractivity (Wildman–Crippen MR) is 81.4 cm³/mol. The van der Waals surface area contributed by atoms with E-state index in [-0.39, 0.29) is 12.0 Å². The molecule has 0 amide bonds. The maximum absolute atomic E-state index is 12.3. The normalized spacial score (nSPS) is 28.0. The molecule has 2 aliphatic heterocycles. The fourth-order valence-electron chi connectivity index (χ4n) is 3.11. The third-order valence-electron chi connectivity index (χ3n) is 4.33. The Balaban J connectivity index is 1.66. The molecule has 7 nitrogen and oxygen atoms in total. The highest BCUT2D eigenvalue weighted by atomic mass is 32.2. The van der Waals surface area contributed by atoms with Crippen LogP contribution in [0.5, 0.6) is 0 Å². The molecule has 2 atom stereocenters. The van der Waals surface area contributed by atoms with Gasteiger partial charge in [-0.15, -0.1) is 0 Å². The molecule has 22 heavy (non-hydrogen) atoms. The first kappa shape index (κ1) is 15.9. The topological polar surface area (TPSA) is 66.2 Å². The Bertz CT molecular complexity index is 587. The number of furan rings is 1. The van der Waals surface area contributed by atoms with Crippen LogP contribution in [0.3, 0.4) is 0 Å². The maximum atomic E-state index is 12.3. The molecule has 2 fully saturated rings. The van der Waals surface area contributed by atoms with Gasteiger partial charge < -0.3 is 9.15 Å². The van der Waals surface area contributed by atoms with Crippen molar-refractivity contribution in [1.82, 2.24) is 13.5 Å². The molecule has 0 bridgehead atoms. The molecule has 0 N–H and O–H groups in total. The van der Waals surface area contributed by atoms with Gasteiger partial charge in [0.05, 0.1) is 25.5 Å². The molecule has 1 aromatic rings. The molecule has 0 unspecified atom stereocenters. The van der Waals surface area contributed by atoms with Crippen LogP contribution in [0.15, 0.2) is 22.8 Å². The van der Waals surface area contributed by atoms with E-state index in [0.717, 1.165) is 25.4 Å². The quantitative estimate of drug-likeness (QED) is 0.790. The number of hydrogen-bond acceptors (Lipinski definition) is 5. The first-order valence-corrected chi connectivity index (χ1v) is 8.90. The summed E-state index contributed by atoms with van der Waals surface area (Å²) in [5.74, 6) is 1.13. The summed E-state index contributed by atoms with van der Waals surface area (Å²) in [6.45, 7) is 3.98. The highest BCUT2D eigenvalue weighted by Crippen LogP contribution is 2.27. The van der Waals surface area contributed by atoms with Crippen LogP contribution in [-0.2, 0) is 21.5 Å². The van der Waals surface area contributed by atoms with E-state index in [4.69, 9.17) is 9.15 Å². The lowest BCUT2D eigenvalue weighted by Gasteiger charge is -2.23. The average Bonchev–Trinajstić information content (AvgIpc) is 3.06. The summed E-state index contributed by atoms with van der Waals surface area (Å²) in [7, 11) is -0.238. The van der Waals surface area contributed by atoms with Crippen LogP contribution in [0.4, 0.5) is 0 Å². The summed E-state index contributed by atoms with van der Waals surface area (Å²) in [6, 6.07) is 3.84. The minimum atomic E-state index is -3.36. The van der Waals surface area contributed by atoms with Crippen molar-refractivity contribution in [3.63, 3.8) is 0 Å². The van der Waals surface area contributed by atoms with Crippen LogP contribution in [-0.4, -0.2) is 74.9 Å². The summed E-state index contributed by atoms with van der Waals surface area (Å²) < 4.78 is 38.6. The van der Waals surface area contributed by atoms with E-state index in [1.807, 2.05) is 12.1 Å². The maximum Gasteiger partial charge on any atom is 0.281 e. The van der Waals surface area contributed by atoms with E-state index >= 15 is 0 Å². The Kier molecular flexibility index (Phi) is 4.56. The van der Waals surface area contributed by atoms with Gasteiger partial charge in [0.1, 0.15) is 5.76 Å². The fraction of sp³-hybridized carbons (Fsp3) is 0.714. The predicted octanol–water partition coefficient (Wildman–Crippen LogP) is 0.219. The van der Waals surface area contributed by atoms with Gasteiger partial charge in [-0.3, -0.25) is 4.90 Å². The van der Waals surface area contributed by atoms with Crippen LogP contribution in [0.2, 0.25) is 0 Å². The van der Waals surface area contributed by atoms with E-state index in [1.165, 1.54) is 8.61 Å². The summed E-state index contributed by atoms with van der Waals surface area (Å²) in [4.78, 5) is 2.27. The van der Waals surface area contributed by atoms with Gasteiger partial charge >= 0.3 is 0 Å². The Morgan fingerprint density at radius 1 is 1.32 bits per heavy atom. The van der Waals surface area contributed by atoms with Crippen LogP contribution < -0.4 is 0 Å². The Labute approximate surface area is 131 Å². The van der Waals surface area contributed by atoms with E-state index in [1.54, 1.807) is 20.4 Å². The Morgan fingerprint density at radius 2 is 2.14 bits per heavy atom. The molecule has 8 heteroatoms. The zero-order valence-corrected chi connectivity index (χ0v) is 13.8. The first-order valence-electron chi connectivity index (χ1n) is 7.51. The number of rotatable bonds is 4. The SMILES string of the molecule is CN(C)S(=O)(=O)N1C[C@@H]2CN(Cc3ccco3)CCO[C@@H]2C1. The number of nitrogens with zero attached hydrogens (tertiary/aromatic N) is 3. The summed E-state index contributed by atoms with van der Waals surface area (Å²) in [5.41, 5.74) is 0. The van der Waals surface area contributed by atoms with Crippen molar-refractivity contribution in [1.29, 1.82) is 0 Å². The van der Waals surface area contributed by atoms with Crippen molar-refractivity contribution in [3.8, 4) is 0 Å². The zero-order chi connectivity index (χ0) is 15.7. The third-order valence-corrected chi connectivity index (χ3v) is 6.20. The third kappa shape index (κ3) is 3.21. The first-order chi connectivity index (χ1) is 10.5. The van der Waals surface area contributed by atoms with Crippen molar-refractivity contribution in [3.05, 3.63) is 24.2 Å². The van der Waals surface area contributed by atoms with Gasteiger partial charge in [0, 0.05) is 46.2 Å². The molecule has 1 aromatic heterocycles. The van der Waals surface area contributed by atoms with Crippen LogP contribution in [0.25, 0.3) is 0 Å². The molecule has 124 valence electrons. The highest BCUT2D eigenvalue weighted by molar-refractivity contribution is 7.86. The van der Waals surface area contributed by atoms with Gasteiger partial charge in [-0.2, -0.15) is 17.0 Å². The molecule has 3 rings (SSSR count). The van der Waals surface area contributed by atoms with Crippen molar-refractivity contribution in [2.45, 2.75) is 12.6 Å². The summed E-state index contributed by atoms with van der Waals surface area (Å²) in [5, 5.41) is 0. The molecule has 0 spiro atoms. The minimum absolute atomic E-state index is 0.0173. The van der Waals surface area contributed by atoms with Crippen molar-refractivity contribution in [2.75, 3.05) is 46.9 Å². The number of hydrogen-bond donors (Lipinski definition) is 0. The lowest BCUT2D eigenvalue weighted by Crippen LogP contribution is -2.40. The van der Waals surface area contributed by atoms with Gasteiger partial charge in [-0.05, 0) is 12.1 Å². The van der Waals surface area contributed by atoms with Crippen molar-refractivity contribution in [2.24, 2.45) is 5.92 Å². The van der Waals surface area contributed by atoms with Gasteiger partial charge in [-0.25, -0.2) is 0 Å². The molecule has 0 aliphatic carbocycles. The molecular formula is C14H23N3O4S. The van der Waals surface area contributed by atoms with Gasteiger partial charge in [0.25, 0.3) is 10.2 Å². The lowest BCUT2D eigenvalue weighted by atomic mass is 10.1. The largest absolute Gasteiger partial charge is 0.468 e. The fourth-order valence-corrected chi connectivity index (χ4v) is 4.29. The van der Waals surface area contributed by atoms with Crippen LogP contribution in [0, 0.1) is 5.92 Å². The summed E-state index contributed by atoms with van der Waals surface area (Å²) in [6.07, 6.45) is 1.66. The minimum Gasteiger partial charge on any atom is -0.468 e. The zero-order valence-electron chi connectivity index (χ0n) is 13.0. The average molecular weight is 329 g/mol. The lowest BCUT2D eigenvalue weighted by molar-refractivity contribution is 0.0544. The van der Waals surface area contributed by atoms with Crippen molar-refractivity contribution >= 4 is 10.2 Å². The van der Waals surface area contributed by atoms with E-state index in [0.29, 0.717) is 19.7 Å². The molecule has 0 aromatic carbocycles. The second-order valence-electron chi connectivity index (χ2n) is 6.09. The molecule has 0 radical (unpaired) electrons. The Hall–Kier alpha value is -0.930. The van der Waals surface area contributed by atoms with Gasteiger partial charge in [-0.1, -0.05) is 0 Å². The van der Waals surface area contributed by atoms with Crippen molar-refractivity contribution < 1.29 is 17.6 Å². The van der Waals surface area contributed by atoms with E-state index in [9.17, 15) is 8.42 Å². The standard InChI is InChI=1S/C14H23N3O4S/c1-15(2)22(18,19)17-9-12-8-16(5-7-21-14(12)11-17)10-13-4-3-6-20-13/h3-4,6,12,14H,5,7-11H2,1-2H3/t12-,14+/m0/s1. The molecular weight excluding hydrogens is 306 g/mol.